The number of carbonyl (C=O) groups is 1. The van der Waals surface area contributed by atoms with E-state index in [1.54, 1.807) is 19.1 Å². The molecule has 0 aliphatic heterocycles. The SMILES string of the molecule is CCOC(=O)c1cc(F)c2c3ncccc3c(=O)n(COC)c2c1. The minimum atomic E-state index is -0.657. The van der Waals surface area contributed by atoms with Gasteiger partial charge in [-0.25, -0.2) is 9.18 Å². The number of methoxy groups -OCH3 is 1. The molecule has 0 aliphatic rings. The zero-order valence-electron chi connectivity index (χ0n) is 13.2. The molecule has 124 valence electrons. The maximum Gasteiger partial charge on any atom is 0.338 e. The summed E-state index contributed by atoms with van der Waals surface area (Å²) in [5.41, 5.74) is 0.142. The first-order chi connectivity index (χ1) is 11.6. The van der Waals surface area contributed by atoms with Crippen LogP contribution >= 0.6 is 0 Å². The van der Waals surface area contributed by atoms with Gasteiger partial charge in [0.05, 0.1) is 34.0 Å². The van der Waals surface area contributed by atoms with Crippen LogP contribution in [0.25, 0.3) is 21.8 Å². The Bertz CT molecular complexity index is 997. The fraction of sp³-hybridized carbons (Fsp3) is 0.235. The molecule has 0 atom stereocenters. The summed E-state index contributed by atoms with van der Waals surface area (Å²) >= 11 is 0. The highest BCUT2D eigenvalue weighted by Crippen LogP contribution is 2.26. The minimum Gasteiger partial charge on any atom is -0.462 e. The van der Waals surface area contributed by atoms with Crippen LogP contribution in [0.15, 0.2) is 35.3 Å². The fourth-order valence-corrected chi connectivity index (χ4v) is 2.66. The average molecular weight is 330 g/mol. The van der Waals surface area contributed by atoms with Crippen LogP contribution in [0.2, 0.25) is 0 Å². The predicted molar refractivity (Wildman–Crippen MR) is 86.4 cm³/mol. The molecule has 0 aliphatic carbocycles. The molecule has 0 N–H and O–H groups in total. The molecule has 0 spiro atoms. The van der Waals surface area contributed by atoms with Gasteiger partial charge in [0.2, 0.25) is 0 Å². The number of ether oxygens (including phenoxy) is 2. The van der Waals surface area contributed by atoms with Gasteiger partial charge in [-0.3, -0.25) is 14.3 Å². The smallest absolute Gasteiger partial charge is 0.338 e. The van der Waals surface area contributed by atoms with E-state index >= 15 is 0 Å². The van der Waals surface area contributed by atoms with Gasteiger partial charge in [0.15, 0.2) is 0 Å². The highest BCUT2D eigenvalue weighted by atomic mass is 19.1. The average Bonchev–Trinajstić information content (AvgIpc) is 2.58. The lowest BCUT2D eigenvalue weighted by Gasteiger charge is -2.13. The second kappa shape index (κ2) is 6.37. The fourth-order valence-electron chi connectivity index (χ4n) is 2.66. The van der Waals surface area contributed by atoms with Gasteiger partial charge < -0.3 is 9.47 Å². The summed E-state index contributed by atoms with van der Waals surface area (Å²) < 4.78 is 26.0. The van der Waals surface area contributed by atoms with Gasteiger partial charge in [-0.1, -0.05) is 0 Å². The number of aromatic nitrogens is 2. The number of hydrogen-bond acceptors (Lipinski definition) is 5. The van der Waals surface area contributed by atoms with Crippen molar-refractivity contribution >= 4 is 27.8 Å². The van der Waals surface area contributed by atoms with Gasteiger partial charge in [0.1, 0.15) is 12.5 Å². The summed E-state index contributed by atoms with van der Waals surface area (Å²) in [4.78, 5) is 28.7. The highest BCUT2D eigenvalue weighted by Gasteiger charge is 2.18. The van der Waals surface area contributed by atoms with Crippen LogP contribution in [0.5, 0.6) is 0 Å². The maximum absolute atomic E-state index is 14.7. The molecule has 2 aromatic heterocycles. The minimum absolute atomic E-state index is 0.0291. The number of carbonyl (C=O) groups excluding carboxylic acids is 1. The van der Waals surface area contributed by atoms with E-state index in [-0.39, 0.29) is 46.3 Å². The molecule has 0 saturated carbocycles. The monoisotopic (exact) mass is 330 g/mol. The number of pyridine rings is 2. The van der Waals surface area contributed by atoms with Crippen molar-refractivity contribution < 1.29 is 18.7 Å². The van der Waals surface area contributed by atoms with Crippen LogP contribution in [0.4, 0.5) is 4.39 Å². The van der Waals surface area contributed by atoms with Gasteiger partial charge in [-0.15, -0.1) is 0 Å². The number of hydrogen-bond donors (Lipinski definition) is 0. The summed E-state index contributed by atoms with van der Waals surface area (Å²) in [5.74, 6) is -1.31. The molecule has 3 aromatic rings. The van der Waals surface area contributed by atoms with Crippen LogP contribution in [0, 0.1) is 5.82 Å². The van der Waals surface area contributed by atoms with Crippen LogP contribution in [-0.4, -0.2) is 29.2 Å². The summed E-state index contributed by atoms with van der Waals surface area (Å²) in [6.45, 7) is 1.75. The Labute approximate surface area is 136 Å². The van der Waals surface area contributed by atoms with Gasteiger partial charge in [-0.2, -0.15) is 0 Å². The number of esters is 1. The van der Waals surface area contributed by atoms with E-state index in [2.05, 4.69) is 4.98 Å². The van der Waals surface area contributed by atoms with E-state index in [4.69, 9.17) is 9.47 Å². The molecule has 0 unspecified atom stereocenters. The summed E-state index contributed by atoms with van der Waals surface area (Å²) in [7, 11) is 1.43. The molecule has 0 amide bonds. The Morgan fingerprint density at radius 1 is 1.38 bits per heavy atom. The normalized spacial score (nSPS) is 11.1. The van der Waals surface area contributed by atoms with Crippen molar-refractivity contribution in [3.63, 3.8) is 0 Å². The molecular weight excluding hydrogens is 315 g/mol. The molecule has 1 aromatic carbocycles. The lowest BCUT2D eigenvalue weighted by molar-refractivity contribution is 0.0526. The van der Waals surface area contributed by atoms with Crippen LogP contribution in [-0.2, 0) is 16.2 Å². The number of nitrogens with zero attached hydrogens (tertiary/aromatic N) is 2. The van der Waals surface area contributed by atoms with Crippen molar-refractivity contribution in [3.05, 3.63) is 52.2 Å². The number of halogens is 1. The maximum atomic E-state index is 14.7. The quantitative estimate of drug-likeness (QED) is 0.543. The molecule has 2 heterocycles. The Hall–Kier alpha value is -2.80. The van der Waals surface area contributed by atoms with E-state index in [9.17, 15) is 14.0 Å². The Balaban J connectivity index is 2.45. The molecule has 3 rings (SSSR count). The first kappa shape index (κ1) is 16.1. The van der Waals surface area contributed by atoms with Crippen molar-refractivity contribution in [1.82, 2.24) is 9.55 Å². The van der Waals surface area contributed by atoms with Gasteiger partial charge in [0.25, 0.3) is 5.56 Å². The molecule has 24 heavy (non-hydrogen) atoms. The lowest BCUT2D eigenvalue weighted by atomic mass is 10.1. The molecule has 0 fully saturated rings. The van der Waals surface area contributed by atoms with Crippen molar-refractivity contribution in [2.75, 3.05) is 13.7 Å². The van der Waals surface area contributed by atoms with E-state index in [1.165, 1.54) is 23.9 Å². The van der Waals surface area contributed by atoms with Crippen molar-refractivity contribution in [1.29, 1.82) is 0 Å². The third-order valence-electron chi connectivity index (χ3n) is 3.65. The summed E-state index contributed by atoms with van der Waals surface area (Å²) in [5, 5.41) is 0.445. The molecular formula is C17H15FN2O4. The van der Waals surface area contributed by atoms with Crippen LogP contribution in [0.1, 0.15) is 17.3 Å². The van der Waals surface area contributed by atoms with E-state index in [0.717, 1.165) is 6.07 Å². The molecule has 6 nitrogen and oxygen atoms in total. The molecule has 7 heteroatoms. The first-order valence-electron chi connectivity index (χ1n) is 7.35. The predicted octanol–water partition coefficient (Wildman–Crippen LogP) is 2.47. The van der Waals surface area contributed by atoms with E-state index in [0.29, 0.717) is 0 Å². The lowest BCUT2D eigenvalue weighted by Crippen LogP contribution is -2.23. The molecule has 0 saturated heterocycles. The third kappa shape index (κ3) is 2.52. The highest BCUT2D eigenvalue weighted by molar-refractivity contribution is 6.05. The second-order valence-corrected chi connectivity index (χ2v) is 5.12. The van der Waals surface area contributed by atoms with Crippen molar-refractivity contribution in [2.45, 2.75) is 13.7 Å². The Morgan fingerprint density at radius 2 is 2.17 bits per heavy atom. The molecule has 0 radical (unpaired) electrons. The largest absolute Gasteiger partial charge is 0.462 e. The number of fused-ring (bicyclic) bond motifs is 3. The van der Waals surface area contributed by atoms with Crippen molar-refractivity contribution in [3.8, 4) is 0 Å². The van der Waals surface area contributed by atoms with Gasteiger partial charge in [0, 0.05) is 13.3 Å². The Kier molecular flexibility index (Phi) is 4.26. The second-order valence-electron chi connectivity index (χ2n) is 5.12. The number of rotatable bonds is 4. The summed E-state index contributed by atoms with van der Waals surface area (Å²) in [6, 6.07) is 5.70. The van der Waals surface area contributed by atoms with Crippen LogP contribution in [0.3, 0.4) is 0 Å². The van der Waals surface area contributed by atoms with Gasteiger partial charge in [-0.05, 0) is 31.2 Å². The summed E-state index contributed by atoms with van der Waals surface area (Å²) in [6.07, 6.45) is 1.49. The standard InChI is InChI=1S/C17H15FN2O4/c1-3-24-17(22)10-7-12(18)14-13(8-10)20(9-23-2)16(21)11-5-4-6-19-15(11)14/h4-8H,3,9H2,1-2H3. The number of benzene rings is 1. The van der Waals surface area contributed by atoms with Crippen molar-refractivity contribution in [2.24, 2.45) is 0 Å². The van der Waals surface area contributed by atoms with E-state index < -0.39 is 11.8 Å². The zero-order valence-corrected chi connectivity index (χ0v) is 13.2. The van der Waals surface area contributed by atoms with Gasteiger partial charge >= 0.3 is 5.97 Å². The van der Waals surface area contributed by atoms with E-state index in [1.807, 2.05) is 0 Å². The Morgan fingerprint density at radius 3 is 2.88 bits per heavy atom. The molecule has 0 bridgehead atoms. The topological polar surface area (TPSA) is 70.4 Å². The first-order valence-corrected chi connectivity index (χ1v) is 7.35. The zero-order chi connectivity index (χ0) is 17.3. The third-order valence-corrected chi connectivity index (χ3v) is 3.65. The van der Waals surface area contributed by atoms with Crippen LogP contribution < -0.4 is 5.56 Å².